The van der Waals surface area contributed by atoms with Gasteiger partial charge in [-0.15, -0.1) is 0 Å². The predicted octanol–water partition coefficient (Wildman–Crippen LogP) is 13.3. The van der Waals surface area contributed by atoms with Gasteiger partial charge in [-0.05, 0) is 118 Å². The van der Waals surface area contributed by atoms with Gasteiger partial charge in [-0.3, -0.25) is 41.7 Å². The number of primary sulfonamides is 1. The Morgan fingerprint density at radius 3 is 1.17 bits per heavy atom. The summed E-state index contributed by atoms with van der Waals surface area (Å²) in [7, 11) is -1.84. The molecule has 0 amide bonds. The first kappa shape index (κ1) is 95.6. The molecule has 5 N–H and O–H groups in total. The zero-order chi connectivity index (χ0) is 99.8. The summed E-state index contributed by atoms with van der Waals surface area (Å²) < 4.78 is 162. The van der Waals surface area contributed by atoms with Gasteiger partial charge in [0.1, 0.15) is 86.0 Å². The first-order valence-electron chi connectivity index (χ1n) is 46.1. The van der Waals surface area contributed by atoms with E-state index < -0.39 is 42.2 Å². The highest BCUT2D eigenvalue weighted by atomic mass is 32.2. The van der Waals surface area contributed by atoms with Crippen LogP contribution in [-0.2, 0) is 30.0 Å². The number of aromatic amines is 2. The number of benzene rings is 1. The van der Waals surface area contributed by atoms with Gasteiger partial charge in [0, 0.05) is 169 Å². The van der Waals surface area contributed by atoms with Crippen LogP contribution in [0.15, 0.2) is 195 Å². The highest BCUT2D eigenvalue weighted by Crippen LogP contribution is 2.58. The molecule has 0 radical (unpaired) electrons. The molecule has 5 aliphatic heterocycles. The Bertz CT molecular complexity index is 7870. The van der Waals surface area contributed by atoms with Crippen molar-refractivity contribution in [1.82, 2.24) is 142 Å². The van der Waals surface area contributed by atoms with E-state index in [1.54, 1.807) is 83.8 Å². The number of anilines is 5. The molecular formula is C94H91F10N35O4S. The number of fused-ring (bicyclic) bond motifs is 7. The van der Waals surface area contributed by atoms with Gasteiger partial charge in [-0.1, -0.05) is 24.3 Å². The van der Waals surface area contributed by atoms with Gasteiger partial charge in [0.05, 0.1) is 80.0 Å². The Kier molecular flexibility index (Phi) is 27.0. The smallest absolute Gasteiger partial charge is 0.281 e. The quantitative estimate of drug-likeness (QED) is 0.0515. The molecule has 1 aliphatic carbocycles. The molecule has 17 aromatic heterocycles. The molecule has 1 saturated carbocycles. The number of H-pyrrole nitrogens is 2. The number of piperidine rings is 4. The van der Waals surface area contributed by atoms with Crippen LogP contribution in [0.4, 0.5) is 73.0 Å². The lowest BCUT2D eigenvalue weighted by Gasteiger charge is -2.33. The molecule has 24 rings (SSSR count). The van der Waals surface area contributed by atoms with Crippen LogP contribution in [0.5, 0.6) is 0 Å². The fourth-order valence-electron chi connectivity index (χ4n) is 18.8. The molecule has 4 saturated heterocycles. The average Bonchev–Trinajstić information content (AvgIpc) is 1.56. The van der Waals surface area contributed by atoms with Gasteiger partial charge in [-0.25, -0.2) is 157 Å². The summed E-state index contributed by atoms with van der Waals surface area (Å²) >= 11 is 0. The van der Waals surface area contributed by atoms with Crippen LogP contribution in [0.3, 0.4) is 0 Å². The minimum Gasteiger partial charge on any atom is -0.396 e. The van der Waals surface area contributed by atoms with E-state index in [1.807, 2.05) is 42.2 Å². The lowest BCUT2D eigenvalue weighted by atomic mass is 9.94. The van der Waals surface area contributed by atoms with Crippen LogP contribution < -0.4 is 35.2 Å². The van der Waals surface area contributed by atoms with E-state index in [1.165, 1.54) is 97.2 Å². The maximum atomic E-state index is 13.1. The summed E-state index contributed by atoms with van der Waals surface area (Å²) in [5, 5.41) is 25.3. The van der Waals surface area contributed by atoms with Crippen molar-refractivity contribution in [1.29, 1.82) is 0 Å². The van der Waals surface area contributed by atoms with E-state index in [-0.39, 0.29) is 63.6 Å². The number of nitrogens with two attached hydrogens (primary N) is 1. The van der Waals surface area contributed by atoms with E-state index in [0.29, 0.717) is 117 Å². The number of halogens is 10. The summed E-state index contributed by atoms with van der Waals surface area (Å²) in [5.41, 5.74) is 8.88. The van der Waals surface area contributed by atoms with Gasteiger partial charge in [-0.2, -0.15) is 5.10 Å². The van der Waals surface area contributed by atoms with Crippen molar-refractivity contribution in [3.05, 3.63) is 258 Å². The third-order valence-electron chi connectivity index (χ3n) is 26.2. The molecule has 144 heavy (non-hydrogen) atoms. The second-order valence-corrected chi connectivity index (χ2v) is 37.5. The highest BCUT2D eigenvalue weighted by Gasteiger charge is 2.60. The number of rotatable bonds is 20. The maximum absolute atomic E-state index is 13.1. The van der Waals surface area contributed by atoms with Gasteiger partial charge in [0.25, 0.3) is 37.7 Å². The zero-order valence-corrected chi connectivity index (χ0v) is 77.8. The van der Waals surface area contributed by atoms with Crippen molar-refractivity contribution in [2.45, 2.75) is 109 Å². The molecule has 5 fully saturated rings. The molecule has 18 aromatic rings. The summed E-state index contributed by atoms with van der Waals surface area (Å²) in [6, 6.07) is 21.3. The number of aliphatic hydroxyl groups is 1. The Morgan fingerprint density at radius 1 is 0.438 bits per heavy atom. The summed E-state index contributed by atoms with van der Waals surface area (Å²) in [4.78, 5) is 107. The molecule has 0 bridgehead atoms. The number of sulfonamides is 1. The lowest BCUT2D eigenvalue weighted by Crippen LogP contribution is -2.39. The SMILES string of the molecule is Cc1cc(C2CCCN(c3ccnc(-c4cnc5cnc(C(F)F)cn45)n3)C2)n[nH]1.Cn1[nH]c(C2CCCN(c3ccnc(-c4cnc5cnc(C(F)F)cn45)n3)C2)cc1=O.FC(F)c1cn2c(-c3nccc(N4CCc5ccccc5C4)n3)cnc2cn1.NS(=O)(=O)CC1CCCN(c2ccnc(-c3cnc4cnc(C(F)F)cn34)n2)C1.OCC12CC1CN(c1ccnc(-c3cnc4cnc(C(F)F)cn34)n1)C2. The molecule has 22 heterocycles. The molecular weight excluding hydrogens is 1910 g/mol. The van der Waals surface area contributed by atoms with Crippen LogP contribution in [0, 0.1) is 24.2 Å². The number of aromatic nitrogens is 29. The number of imidazole rings is 5. The number of hydrogen-bond acceptors (Lipinski definition) is 30. The molecule has 742 valence electrons. The molecule has 0 spiro atoms. The van der Waals surface area contributed by atoms with Crippen molar-refractivity contribution in [2.75, 3.05) is 95.8 Å². The van der Waals surface area contributed by atoms with Crippen molar-refractivity contribution in [2.24, 2.45) is 29.4 Å². The standard InChI is InChI=1S/C20H20F2N8O.C20H20F2N8.C20H16F2N6.C17H19F2N7O2S.C17H16F2N6O/c1-28-18(31)7-13(27-28)12-3-2-6-29(10-12)16-4-5-23-20(26-16)15-8-25-17-9-24-14(19(21)22)11-30(15)17;1-12-7-14(28-27-12)13-3-2-6-29(10-13)17-4-5-23-20(26-17)16-8-25-18-9-24-15(19(21)22)11-30(16)18;21-19(22)15-12-28-16(9-25-18(28)10-24-15)20-23-7-5-17(26-20)27-8-6-13-3-1-2-4-14(13)11-27;18-16(19)12-9-26-13(6-23-15(26)7-22-12)17-21-4-3-14(24-17)25-5-1-2-11(8-25)10-29(20,27)28;18-15(19)11-7-25-12(4-22-14(25)5-21-11)16-20-2-1-13(23-16)24-6-10-3-17(10,8-24)9-26/h4-5,7-9,11-12,19,27H,2-3,6,10H2,1H3;4-5,7-9,11,13,19H,2-3,6,10H2,1H3,(H,27,28);1-5,7,9-10,12,19H,6,8,11H2;3-4,6-7,9,11,16H,1-2,5,8,10H2,(H2,20,27,28);1-2,4-5,7,10,15,26H,3,6,8-9H2. The molecule has 6 aliphatic rings. The van der Waals surface area contributed by atoms with E-state index in [2.05, 4.69) is 154 Å². The van der Waals surface area contributed by atoms with Gasteiger partial charge in [0.2, 0.25) is 10.0 Å². The Morgan fingerprint density at radius 2 is 0.806 bits per heavy atom. The number of aryl methyl sites for hydroxylation is 2. The minimum absolute atomic E-state index is 0.0201. The van der Waals surface area contributed by atoms with E-state index in [4.69, 9.17) is 10.1 Å². The van der Waals surface area contributed by atoms with Crippen molar-refractivity contribution in [3.8, 4) is 57.6 Å². The molecule has 39 nitrogen and oxygen atoms in total. The van der Waals surface area contributed by atoms with Crippen LogP contribution in [0.25, 0.3) is 85.8 Å². The first-order valence-corrected chi connectivity index (χ1v) is 47.8. The summed E-state index contributed by atoms with van der Waals surface area (Å²) in [6.45, 7) is 9.96. The minimum atomic E-state index is -3.55. The summed E-state index contributed by atoms with van der Waals surface area (Å²) in [5.74, 6) is 6.65. The number of nitrogens with zero attached hydrogens (tertiary/aromatic N) is 32. The second-order valence-electron chi connectivity index (χ2n) is 35.8. The third kappa shape index (κ3) is 20.7. The van der Waals surface area contributed by atoms with Crippen molar-refractivity contribution < 1.29 is 57.4 Å². The lowest BCUT2D eigenvalue weighted by molar-refractivity contribution is 0.145. The van der Waals surface area contributed by atoms with Gasteiger partial charge in [0.15, 0.2) is 57.4 Å². The topological polar surface area (TPSA) is 443 Å². The largest absolute Gasteiger partial charge is 0.396 e. The van der Waals surface area contributed by atoms with Crippen LogP contribution in [-0.4, -0.2) is 226 Å². The second kappa shape index (κ2) is 40.6. The fourth-order valence-corrected chi connectivity index (χ4v) is 19.8. The van der Waals surface area contributed by atoms with Gasteiger partial charge < -0.3 is 29.6 Å². The fraction of sp³-hybridized carbons (Fsp3) is 0.340. The molecule has 1 aromatic carbocycles. The maximum Gasteiger partial charge on any atom is 0.281 e. The number of nitrogens with one attached hydrogen (secondary N) is 2. The van der Waals surface area contributed by atoms with Crippen LogP contribution >= 0.6 is 0 Å². The highest BCUT2D eigenvalue weighted by molar-refractivity contribution is 7.89. The average molecular weight is 2000 g/mol. The number of hydrogen-bond donors (Lipinski definition) is 4. The molecule has 5 atom stereocenters. The zero-order valence-electron chi connectivity index (χ0n) is 77.0. The third-order valence-corrected chi connectivity index (χ3v) is 27.2. The Balaban J connectivity index is 0.000000110. The van der Waals surface area contributed by atoms with E-state index >= 15 is 0 Å². The first-order chi connectivity index (χ1) is 69.7. The van der Waals surface area contributed by atoms with E-state index in [0.717, 1.165) is 144 Å². The Hall–Kier alpha value is -15.9. The Labute approximate surface area is 811 Å². The normalized spacial score (nSPS) is 18.0. The van der Waals surface area contributed by atoms with Crippen LogP contribution in [0.1, 0.15) is 146 Å². The van der Waals surface area contributed by atoms with Crippen molar-refractivity contribution in [3.63, 3.8) is 0 Å². The van der Waals surface area contributed by atoms with Gasteiger partial charge >= 0.3 is 0 Å². The summed E-state index contributed by atoms with van der Waals surface area (Å²) in [6.07, 6.45) is 23.2. The number of aliphatic hydroxyl groups excluding tert-OH is 1. The predicted molar refractivity (Wildman–Crippen MR) is 507 cm³/mol. The monoisotopic (exact) mass is 2000 g/mol. The van der Waals surface area contributed by atoms with Crippen LogP contribution in [0.2, 0.25) is 0 Å². The molecule has 50 heteroatoms. The number of alkyl halides is 10. The van der Waals surface area contributed by atoms with Crippen molar-refractivity contribution >= 4 is 67.3 Å². The molecule has 5 unspecified atom stereocenters. The van der Waals surface area contributed by atoms with E-state index in [9.17, 15) is 62.2 Å².